The lowest BCUT2D eigenvalue weighted by molar-refractivity contribution is -0.118. The molecule has 0 fully saturated rings. The molecule has 0 heterocycles. The number of nitrogens with two attached hydrogens (primary N) is 1. The minimum absolute atomic E-state index is 0.118. The molecule has 94 valence electrons. The first-order chi connectivity index (χ1) is 8.06. The number of hydrogen-bond donors (Lipinski definition) is 1. The van der Waals surface area contributed by atoms with Crippen molar-refractivity contribution in [3.05, 3.63) is 29.8 Å². The summed E-state index contributed by atoms with van der Waals surface area (Å²) in [5, 5.41) is 0. The lowest BCUT2D eigenvalue weighted by Crippen LogP contribution is -2.26. The topological polar surface area (TPSA) is 46.3 Å². The van der Waals surface area contributed by atoms with Crippen LogP contribution in [0.2, 0.25) is 0 Å². The van der Waals surface area contributed by atoms with Crippen LogP contribution in [0, 0.1) is 0 Å². The monoisotopic (exact) mass is 234 g/mol. The highest BCUT2D eigenvalue weighted by molar-refractivity contribution is 5.92. The Morgan fingerprint density at radius 1 is 1.29 bits per heavy atom. The molecule has 17 heavy (non-hydrogen) atoms. The first-order valence-corrected chi connectivity index (χ1v) is 6.13. The van der Waals surface area contributed by atoms with E-state index in [0.717, 1.165) is 12.1 Å². The number of benzene rings is 1. The second-order valence-corrected chi connectivity index (χ2v) is 4.59. The third-order valence-electron chi connectivity index (χ3n) is 2.92. The van der Waals surface area contributed by atoms with E-state index in [9.17, 15) is 4.79 Å². The molecule has 2 N–H and O–H groups in total. The van der Waals surface area contributed by atoms with Gasteiger partial charge in [-0.1, -0.05) is 26.0 Å². The van der Waals surface area contributed by atoms with Crippen molar-refractivity contribution in [3.63, 3.8) is 0 Å². The Kier molecular flexibility index (Phi) is 5.16. The molecule has 0 aliphatic carbocycles. The van der Waals surface area contributed by atoms with Gasteiger partial charge in [-0.2, -0.15) is 0 Å². The molecule has 0 saturated carbocycles. The molecule has 0 bridgehead atoms. The lowest BCUT2D eigenvalue weighted by atomic mass is 10.0. The lowest BCUT2D eigenvalue weighted by Gasteiger charge is -2.18. The van der Waals surface area contributed by atoms with E-state index in [0.29, 0.717) is 18.9 Å². The Balaban J connectivity index is 2.69. The Labute approximate surface area is 104 Å². The average molecular weight is 234 g/mol. The maximum absolute atomic E-state index is 11.8. The molecule has 0 aromatic heterocycles. The number of anilines is 1. The quantitative estimate of drug-likeness (QED) is 0.851. The normalized spacial score (nSPS) is 10.6. The van der Waals surface area contributed by atoms with Crippen LogP contribution in [0.3, 0.4) is 0 Å². The van der Waals surface area contributed by atoms with Crippen molar-refractivity contribution in [3.8, 4) is 0 Å². The molecule has 0 unspecified atom stereocenters. The van der Waals surface area contributed by atoms with Crippen molar-refractivity contribution in [2.45, 2.75) is 32.6 Å². The standard InChI is InChI=1S/C14H22N2O/c1-11(2)12-6-8-13(9-7-12)16(3)14(17)5-4-10-15/h6-9,11H,4-5,10,15H2,1-3H3. The maximum atomic E-state index is 11.8. The summed E-state index contributed by atoms with van der Waals surface area (Å²) in [6, 6.07) is 8.14. The molecule has 3 nitrogen and oxygen atoms in total. The second-order valence-electron chi connectivity index (χ2n) is 4.59. The molecule has 0 aliphatic heterocycles. The molecular formula is C14H22N2O. The van der Waals surface area contributed by atoms with Crippen molar-refractivity contribution >= 4 is 11.6 Å². The van der Waals surface area contributed by atoms with Gasteiger partial charge >= 0.3 is 0 Å². The molecule has 1 amide bonds. The van der Waals surface area contributed by atoms with Gasteiger partial charge in [0, 0.05) is 19.2 Å². The first-order valence-electron chi connectivity index (χ1n) is 6.13. The zero-order valence-corrected chi connectivity index (χ0v) is 10.9. The highest BCUT2D eigenvalue weighted by Gasteiger charge is 2.10. The van der Waals surface area contributed by atoms with Crippen LogP contribution < -0.4 is 10.6 Å². The van der Waals surface area contributed by atoms with Crippen LogP contribution in [0.1, 0.15) is 38.2 Å². The van der Waals surface area contributed by atoms with Gasteiger partial charge in [-0.3, -0.25) is 4.79 Å². The Bertz CT molecular complexity index is 357. The van der Waals surface area contributed by atoms with Gasteiger partial charge in [-0.05, 0) is 36.6 Å². The molecule has 0 atom stereocenters. The molecule has 0 saturated heterocycles. The third kappa shape index (κ3) is 3.86. The van der Waals surface area contributed by atoms with Crippen molar-refractivity contribution in [1.82, 2.24) is 0 Å². The molecule has 0 radical (unpaired) electrons. The smallest absolute Gasteiger partial charge is 0.226 e. The highest BCUT2D eigenvalue weighted by atomic mass is 16.2. The van der Waals surface area contributed by atoms with Crippen molar-refractivity contribution in [1.29, 1.82) is 0 Å². The number of hydrogen-bond acceptors (Lipinski definition) is 2. The number of nitrogens with zero attached hydrogens (tertiary/aromatic N) is 1. The molecule has 1 aromatic rings. The van der Waals surface area contributed by atoms with Crippen LogP contribution in [-0.2, 0) is 4.79 Å². The van der Waals surface area contributed by atoms with Gasteiger partial charge in [0.05, 0.1) is 0 Å². The van der Waals surface area contributed by atoms with E-state index in [1.807, 2.05) is 19.2 Å². The summed E-state index contributed by atoms with van der Waals surface area (Å²) in [5.41, 5.74) is 7.63. The van der Waals surface area contributed by atoms with Crippen LogP contribution in [0.4, 0.5) is 5.69 Å². The van der Waals surface area contributed by atoms with Gasteiger partial charge in [0.15, 0.2) is 0 Å². The van der Waals surface area contributed by atoms with Crippen molar-refractivity contribution in [2.24, 2.45) is 5.73 Å². The predicted molar refractivity (Wildman–Crippen MR) is 72.2 cm³/mol. The second kappa shape index (κ2) is 6.40. The third-order valence-corrected chi connectivity index (χ3v) is 2.92. The molecular weight excluding hydrogens is 212 g/mol. The van der Waals surface area contributed by atoms with Gasteiger partial charge in [0.1, 0.15) is 0 Å². The molecule has 0 spiro atoms. The van der Waals surface area contributed by atoms with Crippen LogP contribution >= 0.6 is 0 Å². The Morgan fingerprint density at radius 3 is 2.35 bits per heavy atom. The van der Waals surface area contributed by atoms with Crippen LogP contribution in [0.5, 0.6) is 0 Å². The molecule has 0 aliphatic rings. The van der Waals surface area contributed by atoms with E-state index in [4.69, 9.17) is 5.73 Å². The van der Waals surface area contributed by atoms with E-state index in [-0.39, 0.29) is 5.91 Å². The van der Waals surface area contributed by atoms with Crippen LogP contribution in [-0.4, -0.2) is 19.5 Å². The first kappa shape index (κ1) is 13.7. The van der Waals surface area contributed by atoms with Gasteiger partial charge in [-0.15, -0.1) is 0 Å². The van der Waals surface area contributed by atoms with Gasteiger partial charge in [0.25, 0.3) is 0 Å². The summed E-state index contributed by atoms with van der Waals surface area (Å²) in [6.45, 7) is 4.88. The summed E-state index contributed by atoms with van der Waals surface area (Å²) in [4.78, 5) is 13.5. The van der Waals surface area contributed by atoms with Crippen molar-refractivity contribution in [2.75, 3.05) is 18.5 Å². The SMILES string of the molecule is CC(C)c1ccc(N(C)C(=O)CCCN)cc1. The molecule has 1 rings (SSSR count). The Hall–Kier alpha value is -1.35. The van der Waals surface area contributed by atoms with Gasteiger partial charge in [0.2, 0.25) is 5.91 Å². The van der Waals surface area contributed by atoms with E-state index in [2.05, 4.69) is 26.0 Å². The largest absolute Gasteiger partial charge is 0.330 e. The predicted octanol–water partition coefficient (Wildman–Crippen LogP) is 2.51. The zero-order valence-electron chi connectivity index (χ0n) is 10.9. The summed E-state index contributed by atoms with van der Waals surface area (Å²) in [6.07, 6.45) is 1.26. The fraction of sp³-hybridized carbons (Fsp3) is 0.500. The van der Waals surface area contributed by atoms with E-state index < -0.39 is 0 Å². The summed E-state index contributed by atoms with van der Waals surface area (Å²) in [7, 11) is 1.81. The van der Waals surface area contributed by atoms with E-state index >= 15 is 0 Å². The molecule has 3 heteroatoms. The van der Waals surface area contributed by atoms with Gasteiger partial charge < -0.3 is 10.6 Å². The van der Waals surface area contributed by atoms with Gasteiger partial charge in [-0.25, -0.2) is 0 Å². The van der Waals surface area contributed by atoms with E-state index in [1.165, 1.54) is 5.56 Å². The van der Waals surface area contributed by atoms with Crippen LogP contribution in [0.15, 0.2) is 24.3 Å². The maximum Gasteiger partial charge on any atom is 0.226 e. The zero-order chi connectivity index (χ0) is 12.8. The Morgan fingerprint density at radius 2 is 1.88 bits per heavy atom. The number of carbonyl (C=O) groups is 1. The van der Waals surface area contributed by atoms with Crippen LogP contribution in [0.25, 0.3) is 0 Å². The fourth-order valence-electron chi connectivity index (χ4n) is 1.65. The number of carbonyl (C=O) groups excluding carboxylic acids is 1. The molecule has 1 aromatic carbocycles. The minimum atomic E-state index is 0.118. The summed E-state index contributed by atoms with van der Waals surface area (Å²) in [5.74, 6) is 0.634. The highest BCUT2D eigenvalue weighted by Crippen LogP contribution is 2.19. The minimum Gasteiger partial charge on any atom is -0.330 e. The van der Waals surface area contributed by atoms with Crippen molar-refractivity contribution < 1.29 is 4.79 Å². The average Bonchev–Trinajstić information content (AvgIpc) is 2.35. The fourth-order valence-corrected chi connectivity index (χ4v) is 1.65. The summed E-state index contributed by atoms with van der Waals surface area (Å²) >= 11 is 0. The summed E-state index contributed by atoms with van der Waals surface area (Å²) < 4.78 is 0. The number of amides is 1. The number of rotatable bonds is 5. The van der Waals surface area contributed by atoms with E-state index in [1.54, 1.807) is 4.90 Å².